The molecular weight excluding hydrogens is 438 g/mol. The van der Waals surface area contributed by atoms with Crippen LogP contribution in [0.4, 0.5) is 0 Å². The fraction of sp³-hybridized carbons (Fsp3) is 0.207. The van der Waals surface area contributed by atoms with Crippen LogP contribution in [0.25, 0.3) is 0 Å². The van der Waals surface area contributed by atoms with Gasteiger partial charge in [-0.25, -0.2) is 4.98 Å². The van der Waals surface area contributed by atoms with E-state index in [-0.39, 0.29) is 17.5 Å². The van der Waals surface area contributed by atoms with Gasteiger partial charge >= 0.3 is 0 Å². The van der Waals surface area contributed by atoms with Crippen LogP contribution in [0.2, 0.25) is 0 Å². The second kappa shape index (κ2) is 9.58. The van der Waals surface area contributed by atoms with Gasteiger partial charge in [-0.15, -0.1) is 0 Å². The van der Waals surface area contributed by atoms with Crippen LogP contribution >= 0.6 is 0 Å². The van der Waals surface area contributed by atoms with Crippen molar-refractivity contribution < 1.29 is 9.53 Å². The average molecular weight is 466 g/mol. The Balaban J connectivity index is 1.51. The number of ether oxygens (including phenoxy) is 1. The van der Waals surface area contributed by atoms with E-state index in [0.717, 1.165) is 11.1 Å². The lowest BCUT2D eigenvalue weighted by atomic mass is 9.97. The van der Waals surface area contributed by atoms with Crippen molar-refractivity contribution in [3.63, 3.8) is 0 Å². The van der Waals surface area contributed by atoms with E-state index in [1.54, 1.807) is 40.8 Å². The number of rotatable bonds is 5. The largest absolute Gasteiger partial charge is 0.497 e. The molecule has 3 aromatic carbocycles. The van der Waals surface area contributed by atoms with Gasteiger partial charge in [0, 0.05) is 17.7 Å². The van der Waals surface area contributed by atoms with Gasteiger partial charge in [0.15, 0.2) is 0 Å². The zero-order valence-corrected chi connectivity index (χ0v) is 19.8. The molecule has 0 aliphatic carbocycles. The monoisotopic (exact) mass is 465 g/mol. The molecule has 0 saturated heterocycles. The second-order valence-corrected chi connectivity index (χ2v) is 8.69. The van der Waals surface area contributed by atoms with Crippen molar-refractivity contribution in [3.8, 4) is 5.75 Å². The maximum absolute atomic E-state index is 13.8. The van der Waals surface area contributed by atoms with Gasteiger partial charge in [0.25, 0.3) is 11.5 Å². The van der Waals surface area contributed by atoms with Gasteiger partial charge in [-0.05, 0) is 48.7 Å². The number of fused-ring (bicyclic) bond motifs is 1. The molecule has 35 heavy (non-hydrogen) atoms. The highest BCUT2D eigenvalue weighted by Gasteiger charge is 2.28. The van der Waals surface area contributed by atoms with Gasteiger partial charge in [0.1, 0.15) is 11.6 Å². The molecule has 1 aliphatic rings. The molecule has 0 unspecified atom stereocenters. The molecular formula is C29H27N3O3. The Labute approximate surface area is 204 Å². The zero-order valence-electron chi connectivity index (χ0n) is 19.8. The number of hydrogen-bond acceptors (Lipinski definition) is 4. The number of aromatic nitrogens is 2. The van der Waals surface area contributed by atoms with Gasteiger partial charge in [-0.1, -0.05) is 60.7 Å². The molecule has 0 saturated carbocycles. The van der Waals surface area contributed by atoms with Crippen LogP contribution in [0.5, 0.6) is 5.75 Å². The molecule has 0 spiro atoms. The summed E-state index contributed by atoms with van der Waals surface area (Å²) in [5.74, 6) is 1.26. The molecule has 6 heteroatoms. The van der Waals surface area contributed by atoms with Crippen LogP contribution in [-0.2, 0) is 13.0 Å². The van der Waals surface area contributed by atoms with Crippen molar-refractivity contribution >= 4 is 5.91 Å². The van der Waals surface area contributed by atoms with E-state index in [0.29, 0.717) is 47.9 Å². The molecule has 0 radical (unpaired) electrons. The van der Waals surface area contributed by atoms with Crippen LogP contribution < -0.4 is 10.3 Å². The Morgan fingerprint density at radius 3 is 2.09 bits per heavy atom. The smallest absolute Gasteiger partial charge is 0.257 e. The number of hydrogen-bond donors (Lipinski definition) is 0. The predicted molar refractivity (Wildman–Crippen MR) is 135 cm³/mol. The molecule has 0 atom stereocenters. The van der Waals surface area contributed by atoms with Crippen molar-refractivity contribution in [2.45, 2.75) is 25.9 Å². The topological polar surface area (TPSA) is 64.4 Å². The van der Waals surface area contributed by atoms with Crippen LogP contribution in [0, 0.1) is 6.92 Å². The summed E-state index contributed by atoms with van der Waals surface area (Å²) < 4.78 is 6.99. The summed E-state index contributed by atoms with van der Waals surface area (Å²) in [6, 6.07) is 26.9. The predicted octanol–water partition coefficient (Wildman–Crippen LogP) is 4.40. The van der Waals surface area contributed by atoms with Crippen molar-refractivity contribution in [1.82, 2.24) is 14.5 Å². The minimum Gasteiger partial charge on any atom is -0.497 e. The first-order valence-corrected chi connectivity index (χ1v) is 11.7. The Hall–Kier alpha value is -4.19. The van der Waals surface area contributed by atoms with Gasteiger partial charge in [-0.2, -0.15) is 0 Å². The maximum atomic E-state index is 13.8. The Morgan fingerprint density at radius 1 is 0.914 bits per heavy atom. The molecule has 0 bridgehead atoms. The Kier molecular flexibility index (Phi) is 6.19. The SMILES string of the molecule is COc1ccc(C(=O)N2CCc3c(nc(C)n(C(c4ccccc4)c4ccccc4)c3=O)C2)cc1. The number of nitrogens with zero attached hydrogens (tertiary/aromatic N) is 3. The van der Waals surface area contributed by atoms with Crippen LogP contribution in [0.1, 0.15) is 44.6 Å². The van der Waals surface area contributed by atoms with E-state index < -0.39 is 0 Å². The molecule has 0 fully saturated rings. The van der Waals surface area contributed by atoms with Gasteiger partial charge < -0.3 is 9.64 Å². The Bertz CT molecular complexity index is 1360. The molecule has 4 aromatic rings. The first kappa shape index (κ1) is 22.6. The third kappa shape index (κ3) is 4.35. The van der Waals surface area contributed by atoms with Gasteiger partial charge in [0.05, 0.1) is 25.4 Å². The highest BCUT2D eigenvalue weighted by atomic mass is 16.5. The molecule has 6 nitrogen and oxygen atoms in total. The lowest BCUT2D eigenvalue weighted by Crippen LogP contribution is -2.42. The maximum Gasteiger partial charge on any atom is 0.257 e. The number of carbonyl (C=O) groups excluding carboxylic acids is 1. The van der Waals surface area contributed by atoms with E-state index in [1.807, 2.05) is 67.6 Å². The minimum atomic E-state index is -0.276. The van der Waals surface area contributed by atoms with E-state index >= 15 is 0 Å². The van der Waals surface area contributed by atoms with E-state index in [4.69, 9.17) is 9.72 Å². The third-order valence-electron chi connectivity index (χ3n) is 6.56. The normalized spacial score (nSPS) is 12.9. The van der Waals surface area contributed by atoms with Crippen molar-refractivity contribution in [1.29, 1.82) is 0 Å². The van der Waals surface area contributed by atoms with Crippen LogP contribution in [0.3, 0.4) is 0 Å². The number of aryl methyl sites for hydroxylation is 1. The van der Waals surface area contributed by atoms with Gasteiger partial charge in [-0.3, -0.25) is 14.2 Å². The first-order chi connectivity index (χ1) is 17.1. The minimum absolute atomic E-state index is 0.0400. The molecule has 176 valence electrons. The molecule has 0 N–H and O–H groups in total. The molecule has 1 aromatic heterocycles. The van der Waals surface area contributed by atoms with Crippen LogP contribution in [-0.4, -0.2) is 34.0 Å². The summed E-state index contributed by atoms with van der Waals surface area (Å²) in [4.78, 5) is 33.5. The zero-order chi connectivity index (χ0) is 24.4. The van der Waals surface area contributed by atoms with Crippen molar-refractivity contribution in [2.75, 3.05) is 13.7 Å². The van der Waals surface area contributed by atoms with E-state index in [1.165, 1.54) is 0 Å². The van der Waals surface area contributed by atoms with Crippen molar-refractivity contribution in [3.05, 3.63) is 129 Å². The first-order valence-electron chi connectivity index (χ1n) is 11.7. The van der Waals surface area contributed by atoms with E-state index in [2.05, 4.69) is 0 Å². The van der Waals surface area contributed by atoms with E-state index in [9.17, 15) is 9.59 Å². The van der Waals surface area contributed by atoms with Gasteiger partial charge in [0.2, 0.25) is 0 Å². The highest BCUT2D eigenvalue weighted by Crippen LogP contribution is 2.27. The number of methoxy groups -OCH3 is 1. The number of amides is 1. The average Bonchev–Trinajstić information content (AvgIpc) is 2.91. The lowest BCUT2D eigenvalue weighted by molar-refractivity contribution is 0.0730. The second-order valence-electron chi connectivity index (χ2n) is 8.69. The molecule has 1 aliphatic heterocycles. The Morgan fingerprint density at radius 2 is 1.51 bits per heavy atom. The summed E-state index contributed by atoms with van der Waals surface area (Å²) in [5, 5.41) is 0. The fourth-order valence-corrected chi connectivity index (χ4v) is 4.78. The quantitative estimate of drug-likeness (QED) is 0.438. The van der Waals surface area contributed by atoms with Crippen LogP contribution in [0.15, 0.2) is 89.7 Å². The molecule has 1 amide bonds. The molecule has 5 rings (SSSR count). The number of benzene rings is 3. The summed E-state index contributed by atoms with van der Waals surface area (Å²) in [7, 11) is 1.60. The van der Waals surface area contributed by atoms with Crippen molar-refractivity contribution in [2.24, 2.45) is 0 Å². The lowest BCUT2D eigenvalue weighted by Gasteiger charge is -2.30. The summed E-state index contributed by atoms with van der Waals surface area (Å²) in [5.41, 5.74) is 3.97. The highest BCUT2D eigenvalue weighted by molar-refractivity contribution is 5.94. The molecule has 2 heterocycles. The third-order valence-corrected chi connectivity index (χ3v) is 6.56. The summed E-state index contributed by atoms with van der Waals surface area (Å²) in [6.07, 6.45) is 0.472. The number of carbonyl (C=O) groups is 1. The fourth-order valence-electron chi connectivity index (χ4n) is 4.78. The summed E-state index contributed by atoms with van der Waals surface area (Å²) >= 11 is 0. The summed E-state index contributed by atoms with van der Waals surface area (Å²) in [6.45, 7) is 2.66. The standard InChI is InChI=1S/C29H27N3O3/c1-20-30-26-19-31(28(33)23-13-15-24(35-2)16-14-23)18-17-25(26)29(34)32(20)27(21-9-5-3-6-10-21)22-11-7-4-8-12-22/h3-16,27H,17-19H2,1-2H3.